The summed E-state index contributed by atoms with van der Waals surface area (Å²) < 4.78 is 7.14. The van der Waals surface area contributed by atoms with Gasteiger partial charge in [0.2, 0.25) is 0 Å². The van der Waals surface area contributed by atoms with Crippen LogP contribution in [0.1, 0.15) is 10.8 Å². The molecule has 0 aliphatic carbocycles. The third-order valence-corrected chi connectivity index (χ3v) is 5.00. The van der Waals surface area contributed by atoms with Gasteiger partial charge in [-0.1, -0.05) is 12.1 Å². The average molecular weight is 346 g/mol. The van der Waals surface area contributed by atoms with Gasteiger partial charge in [0.25, 0.3) is 0 Å². The Morgan fingerprint density at radius 1 is 0.920 bits per heavy atom. The van der Waals surface area contributed by atoms with E-state index in [0.29, 0.717) is 0 Å². The normalized spacial score (nSPS) is 11.4. The summed E-state index contributed by atoms with van der Waals surface area (Å²) >= 11 is 1.68. The zero-order valence-corrected chi connectivity index (χ0v) is 15.0. The summed E-state index contributed by atoms with van der Waals surface area (Å²) in [5.41, 5.74) is 3.28. The molecule has 4 aromatic rings. The molecule has 2 aromatic carbocycles. The molecule has 2 aromatic heterocycles. The smallest absolute Gasteiger partial charge is 0.134 e. The highest BCUT2D eigenvalue weighted by atomic mass is 32.1. The summed E-state index contributed by atoms with van der Waals surface area (Å²) in [5, 5.41) is 0.981. The molecule has 0 saturated heterocycles. The minimum Gasteiger partial charge on any atom is -0.457 e. The van der Waals surface area contributed by atoms with E-state index < -0.39 is 0 Å². The first-order chi connectivity index (χ1) is 12.2. The molecule has 0 unspecified atom stereocenters. The highest BCUT2D eigenvalue weighted by Gasteiger charge is 2.05. The fraction of sp³-hybridized carbons (Fsp3) is 0.0952. The molecule has 0 saturated carbocycles. The number of fused-ring (bicyclic) bond motifs is 1. The van der Waals surface area contributed by atoms with Crippen molar-refractivity contribution >= 4 is 39.4 Å². The second kappa shape index (κ2) is 6.57. The first-order valence-electron chi connectivity index (χ1n) is 8.10. The zero-order valence-electron chi connectivity index (χ0n) is 14.1. The molecule has 3 nitrogen and oxygen atoms in total. The molecule has 0 aliphatic heterocycles. The fourth-order valence-corrected chi connectivity index (χ4v) is 3.51. The van der Waals surface area contributed by atoms with E-state index in [2.05, 4.69) is 40.2 Å². The van der Waals surface area contributed by atoms with Crippen molar-refractivity contribution in [3.05, 3.63) is 71.4 Å². The van der Waals surface area contributed by atoms with Crippen molar-refractivity contribution < 1.29 is 4.42 Å². The molecule has 0 spiro atoms. The number of para-hydroxylation sites is 1. The van der Waals surface area contributed by atoms with Gasteiger partial charge in [0.1, 0.15) is 16.5 Å². The Hall–Kier alpha value is -2.85. The molecule has 0 amide bonds. The van der Waals surface area contributed by atoms with Gasteiger partial charge in [-0.05, 0) is 60.7 Å². The molecule has 4 rings (SSSR count). The molecule has 0 aliphatic rings. The maximum atomic E-state index is 5.94. The third kappa shape index (κ3) is 3.35. The van der Waals surface area contributed by atoms with Crippen molar-refractivity contribution in [1.82, 2.24) is 4.98 Å². The topological polar surface area (TPSA) is 29.3 Å². The molecule has 2 heterocycles. The molecule has 0 N–H and O–H groups in total. The summed E-state index contributed by atoms with van der Waals surface area (Å²) in [6.07, 6.45) is 3.97. The van der Waals surface area contributed by atoms with E-state index in [1.807, 2.05) is 56.6 Å². The molecule has 0 bridgehead atoms. The lowest BCUT2D eigenvalue weighted by Crippen LogP contribution is -2.07. The summed E-state index contributed by atoms with van der Waals surface area (Å²) in [6.45, 7) is 0. The lowest BCUT2D eigenvalue weighted by Gasteiger charge is -2.12. The molecule has 0 radical (unpaired) electrons. The molecular formula is C21H18N2OS. The number of benzene rings is 2. The number of hydrogen-bond acceptors (Lipinski definition) is 4. The van der Waals surface area contributed by atoms with Gasteiger partial charge in [-0.15, -0.1) is 11.3 Å². The van der Waals surface area contributed by atoms with Crippen LogP contribution in [0.3, 0.4) is 0 Å². The van der Waals surface area contributed by atoms with E-state index in [9.17, 15) is 0 Å². The highest BCUT2D eigenvalue weighted by molar-refractivity contribution is 7.19. The molecule has 0 fully saturated rings. The Morgan fingerprint density at radius 2 is 1.72 bits per heavy atom. The number of nitrogens with zero attached hydrogens (tertiary/aromatic N) is 2. The Labute approximate surface area is 150 Å². The van der Waals surface area contributed by atoms with Crippen molar-refractivity contribution in [2.45, 2.75) is 0 Å². The monoisotopic (exact) mass is 346 g/mol. The number of thiazole rings is 1. The van der Waals surface area contributed by atoms with Gasteiger partial charge < -0.3 is 9.32 Å². The first-order valence-corrected chi connectivity index (χ1v) is 8.92. The average Bonchev–Trinajstić information content (AvgIpc) is 3.26. The van der Waals surface area contributed by atoms with E-state index in [4.69, 9.17) is 4.42 Å². The van der Waals surface area contributed by atoms with Crippen LogP contribution >= 0.6 is 11.3 Å². The number of anilines is 1. The number of aromatic nitrogens is 1. The van der Waals surface area contributed by atoms with Gasteiger partial charge >= 0.3 is 0 Å². The predicted molar refractivity (Wildman–Crippen MR) is 107 cm³/mol. The summed E-state index contributed by atoms with van der Waals surface area (Å²) in [5.74, 6) is 1.69. The molecule has 25 heavy (non-hydrogen) atoms. The van der Waals surface area contributed by atoms with E-state index in [1.165, 1.54) is 10.4 Å². The summed E-state index contributed by atoms with van der Waals surface area (Å²) in [6, 6.07) is 20.5. The predicted octanol–water partition coefficient (Wildman–Crippen LogP) is 5.79. The quantitative estimate of drug-likeness (QED) is 0.468. The minimum atomic E-state index is 0.825. The van der Waals surface area contributed by atoms with E-state index in [0.717, 1.165) is 27.6 Å². The number of furan rings is 1. The standard InChI is InChI=1S/C21H18N2OS/c1-23(2)16-9-7-15(8-10-16)19-13-11-17(24-19)12-14-21-22-18-5-3-4-6-20(18)25-21/h3-14H,1-2H3/b14-12+. The van der Waals surface area contributed by atoms with Gasteiger partial charge in [0.15, 0.2) is 0 Å². The maximum Gasteiger partial charge on any atom is 0.134 e. The summed E-state index contributed by atoms with van der Waals surface area (Å²) in [7, 11) is 4.07. The SMILES string of the molecule is CN(C)c1ccc(-c2ccc(/C=C/c3nc4ccccc4s3)o2)cc1. The van der Waals surface area contributed by atoms with Crippen LogP contribution in [0.4, 0.5) is 5.69 Å². The van der Waals surface area contributed by atoms with Crippen molar-refractivity contribution in [2.75, 3.05) is 19.0 Å². The second-order valence-electron chi connectivity index (χ2n) is 6.00. The van der Waals surface area contributed by atoms with Crippen LogP contribution in [0.2, 0.25) is 0 Å². The van der Waals surface area contributed by atoms with Crippen LogP contribution in [0, 0.1) is 0 Å². The zero-order chi connectivity index (χ0) is 17.2. The first kappa shape index (κ1) is 15.7. The van der Waals surface area contributed by atoms with Crippen LogP contribution in [-0.2, 0) is 0 Å². The molecule has 0 atom stereocenters. The highest BCUT2D eigenvalue weighted by Crippen LogP contribution is 2.26. The van der Waals surface area contributed by atoms with Crippen LogP contribution in [0.15, 0.2) is 65.1 Å². The summed E-state index contributed by atoms with van der Waals surface area (Å²) in [4.78, 5) is 6.69. The molecule has 4 heteroatoms. The second-order valence-corrected chi connectivity index (χ2v) is 7.06. The lowest BCUT2D eigenvalue weighted by molar-refractivity contribution is 0.572. The minimum absolute atomic E-state index is 0.825. The maximum absolute atomic E-state index is 5.94. The van der Waals surface area contributed by atoms with Gasteiger partial charge in [-0.2, -0.15) is 0 Å². The van der Waals surface area contributed by atoms with Gasteiger partial charge in [-0.25, -0.2) is 4.98 Å². The largest absolute Gasteiger partial charge is 0.457 e. The van der Waals surface area contributed by atoms with Gasteiger partial charge in [0.05, 0.1) is 10.2 Å². The van der Waals surface area contributed by atoms with E-state index in [1.54, 1.807) is 11.3 Å². The number of rotatable bonds is 4. The Morgan fingerprint density at radius 3 is 2.48 bits per heavy atom. The Kier molecular flexibility index (Phi) is 4.12. The van der Waals surface area contributed by atoms with Crippen LogP contribution in [-0.4, -0.2) is 19.1 Å². The van der Waals surface area contributed by atoms with E-state index in [-0.39, 0.29) is 0 Å². The molecule has 124 valence electrons. The fourth-order valence-electron chi connectivity index (χ4n) is 2.64. The Balaban J connectivity index is 1.54. The van der Waals surface area contributed by atoms with Crippen molar-refractivity contribution in [3.63, 3.8) is 0 Å². The van der Waals surface area contributed by atoms with Gasteiger partial charge in [-0.3, -0.25) is 0 Å². The lowest BCUT2D eigenvalue weighted by atomic mass is 10.1. The van der Waals surface area contributed by atoms with E-state index >= 15 is 0 Å². The van der Waals surface area contributed by atoms with Crippen molar-refractivity contribution in [1.29, 1.82) is 0 Å². The van der Waals surface area contributed by atoms with Crippen molar-refractivity contribution in [2.24, 2.45) is 0 Å². The van der Waals surface area contributed by atoms with Crippen LogP contribution < -0.4 is 4.90 Å². The van der Waals surface area contributed by atoms with Gasteiger partial charge in [0, 0.05) is 25.3 Å². The Bertz CT molecular complexity index is 992. The van der Waals surface area contributed by atoms with Crippen molar-refractivity contribution in [3.8, 4) is 11.3 Å². The third-order valence-electron chi connectivity index (χ3n) is 4.00. The van der Waals surface area contributed by atoms with Crippen LogP contribution in [0.25, 0.3) is 33.7 Å². The molecular weight excluding hydrogens is 328 g/mol. The number of hydrogen-bond donors (Lipinski definition) is 0. The van der Waals surface area contributed by atoms with Crippen LogP contribution in [0.5, 0.6) is 0 Å².